The van der Waals surface area contributed by atoms with E-state index < -0.39 is 12.2 Å². The first-order chi connectivity index (χ1) is 10.2. The van der Waals surface area contributed by atoms with Gasteiger partial charge in [0.25, 0.3) is 0 Å². The molecule has 114 valence electrons. The summed E-state index contributed by atoms with van der Waals surface area (Å²) in [4.78, 5) is 14.0. The van der Waals surface area contributed by atoms with E-state index in [1.54, 1.807) is 17.0 Å². The van der Waals surface area contributed by atoms with E-state index >= 15 is 0 Å². The van der Waals surface area contributed by atoms with Crippen LogP contribution in [-0.2, 0) is 4.74 Å². The van der Waals surface area contributed by atoms with Crippen molar-refractivity contribution in [2.24, 2.45) is 0 Å². The van der Waals surface area contributed by atoms with Gasteiger partial charge in [-0.3, -0.25) is 0 Å². The number of rotatable bonds is 2. The number of benzene rings is 1. The SMILES string of the molecule is O=C1O[C@@H](c2ccccc2Cl)[C@@H](O)CN1C1CCCCC1. The Hall–Kier alpha value is -1.26. The van der Waals surface area contributed by atoms with E-state index in [1.165, 1.54) is 6.42 Å². The van der Waals surface area contributed by atoms with Crippen molar-refractivity contribution in [2.45, 2.75) is 50.4 Å². The molecule has 1 N–H and O–H groups in total. The van der Waals surface area contributed by atoms with Gasteiger partial charge in [0.05, 0.1) is 6.54 Å². The molecule has 0 unspecified atom stereocenters. The molecule has 21 heavy (non-hydrogen) atoms. The quantitative estimate of drug-likeness (QED) is 0.909. The van der Waals surface area contributed by atoms with Gasteiger partial charge in [-0.05, 0) is 18.9 Å². The van der Waals surface area contributed by atoms with Crippen LogP contribution in [0.4, 0.5) is 4.79 Å². The fraction of sp³-hybridized carbons (Fsp3) is 0.562. The maximum atomic E-state index is 12.3. The molecule has 1 amide bonds. The molecule has 2 fully saturated rings. The Bertz CT molecular complexity index is 516. The molecule has 1 aromatic carbocycles. The molecular formula is C16H20ClNO3. The topological polar surface area (TPSA) is 49.8 Å². The Morgan fingerprint density at radius 1 is 1.19 bits per heavy atom. The van der Waals surface area contributed by atoms with Crippen molar-refractivity contribution in [3.63, 3.8) is 0 Å². The number of β-amino-alcohol motifs (C(OH)–C–C–N with tert-alkyl or cyclic N) is 1. The molecule has 2 atom stereocenters. The first kappa shape index (κ1) is 14.7. The van der Waals surface area contributed by atoms with Crippen molar-refractivity contribution in [1.29, 1.82) is 0 Å². The molecule has 1 saturated heterocycles. The first-order valence-electron chi connectivity index (χ1n) is 7.56. The maximum absolute atomic E-state index is 12.3. The third-order valence-corrected chi connectivity index (χ3v) is 4.77. The molecule has 1 heterocycles. The summed E-state index contributed by atoms with van der Waals surface area (Å²) >= 11 is 6.14. The van der Waals surface area contributed by atoms with E-state index in [0.29, 0.717) is 17.1 Å². The van der Waals surface area contributed by atoms with Crippen LogP contribution in [-0.4, -0.2) is 34.8 Å². The van der Waals surface area contributed by atoms with E-state index in [2.05, 4.69) is 0 Å². The van der Waals surface area contributed by atoms with E-state index in [1.807, 2.05) is 12.1 Å². The van der Waals surface area contributed by atoms with E-state index in [-0.39, 0.29) is 12.1 Å². The molecule has 4 nitrogen and oxygen atoms in total. The number of hydrogen-bond acceptors (Lipinski definition) is 3. The van der Waals surface area contributed by atoms with Gasteiger partial charge < -0.3 is 14.7 Å². The third kappa shape index (κ3) is 3.01. The van der Waals surface area contributed by atoms with Crippen molar-refractivity contribution in [1.82, 2.24) is 4.90 Å². The Morgan fingerprint density at radius 2 is 1.90 bits per heavy atom. The number of aliphatic hydroxyl groups excluding tert-OH is 1. The maximum Gasteiger partial charge on any atom is 0.410 e. The fourth-order valence-corrected chi connectivity index (χ4v) is 3.54. The summed E-state index contributed by atoms with van der Waals surface area (Å²) in [5.41, 5.74) is 0.670. The number of nitrogens with zero attached hydrogens (tertiary/aromatic N) is 1. The Labute approximate surface area is 129 Å². The van der Waals surface area contributed by atoms with Crippen LogP contribution >= 0.6 is 11.6 Å². The second-order valence-corrected chi connectivity index (χ2v) is 6.24. The number of ether oxygens (including phenoxy) is 1. The highest BCUT2D eigenvalue weighted by molar-refractivity contribution is 6.31. The minimum absolute atomic E-state index is 0.202. The Kier molecular flexibility index (Phi) is 4.36. The first-order valence-corrected chi connectivity index (χ1v) is 7.94. The van der Waals surface area contributed by atoms with Crippen molar-refractivity contribution in [2.75, 3.05) is 6.54 Å². The Balaban J connectivity index is 1.75. The average Bonchev–Trinajstić information content (AvgIpc) is 2.51. The van der Waals surface area contributed by atoms with Crippen LogP contribution in [0.3, 0.4) is 0 Å². The summed E-state index contributed by atoms with van der Waals surface area (Å²) in [6.45, 7) is 0.319. The van der Waals surface area contributed by atoms with Crippen LogP contribution in [0.1, 0.15) is 43.8 Å². The average molecular weight is 310 g/mol. The molecule has 0 radical (unpaired) electrons. The molecule has 3 rings (SSSR count). The second kappa shape index (κ2) is 6.24. The molecule has 1 aliphatic heterocycles. The fourth-order valence-electron chi connectivity index (χ4n) is 3.29. The standard InChI is InChI=1S/C16H20ClNO3/c17-13-9-5-4-8-12(13)15-14(19)10-18(16(20)21-15)11-6-2-1-3-7-11/h4-5,8-9,11,14-15,19H,1-3,6-7,10H2/t14-,15-/m0/s1. The highest BCUT2D eigenvalue weighted by Gasteiger charge is 2.39. The lowest BCUT2D eigenvalue weighted by Crippen LogP contribution is -2.52. The van der Waals surface area contributed by atoms with Crippen LogP contribution in [0.15, 0.2) is 24.3 Å². The number of cyclic esters (lactones) is 1. The van der Waals surface area contributed by atoms with E-state index in [4.69, 9.17) is 16.3 Å². The molecule has 0 aromatic heterocycles. The van der Waals surface area contributed by atoms with Crippen molar-refractivity contribution >= 4 is 17.7 Å². The summed E-state index contributed by atoms with van der Waals surface area (Å²) in [7, 11) is 0. The highest BCUT2D eigenvalue weighted by Crippen LogP contribution is 2.34. The van der Waals surface area contributed by atoms with Crippen molar-refractivity contribution in [3.8, 4) is 0 Å². The van der Waals surface area contributed by atoms with E-state index in [0.717, 1.165) is 25.7 Å². The zero-order valence-corrected chi connectivity index (χ0v) is 12.6. The summed E-state index contributed by atoms with van der Waals surface area (Å²) in [5.74, 6) is 0. The van der Waals surface area contributed by atoms with Crippen molar-refractivity contribution in [3.05, 3.63) is 34.9 Å². The molecule has 5 heteroatoms. The number of halogens is 1. The van der Waals surface area contributed by atoms with Gasteiger partial charge in [-0.15, -0.1) is 0 Å². The van der Waals surface area contributed by atoms with E-state index in [9.17, 15) is 9.90 Å². The minimum Gasteiger partial charge on any atom is -0.438 e. The number of hydrogen-bond donors (Lipinski definition) is 1. The summed E-state index contributed by atoms with van der Waals surface area (Å²) in [6.07, 6.45) is 3.74. The van der Waals surface area contributed by atoms with Crippen LogP contribution < -0.4 is 0 Å². The molecule has 1 aliphatic carbocycles. The number of carbonyl (C=O) groups is 1. The normalized spacial score (nSPS) is 27.5. The largest absolute Gasteiger partial charge is 0.438 e. The Morgan fingerprint density at radius 3 is 2.62 bits per heavy atom. The molecule has 0 bridgehead atoms. The van der Waals surface area contributed by atoms with Gasteiger partial charge in [-0.2, -0.15) is 0 Å². The van der Waals surface area contributed by atoms with Gasteiger partial charge in [-0.1, -0.05) is 49.1 Å². The van der Waals surface area contributed by atoms with Gasteiger partial charge in [0.15, 0.2) is 6.10 Å². The van der Waals surface area contributed by atoms with Gasteiger partial charge in [0.2, 0.25) is 0 Å². The smallest absolute Gasteiger partial charge is 0.410 e. The number of carbonyl (C=O) groups excluding carboxylic acids is 1. The number of amides is 1. The predicted molar refractivity (Wildman–Crippen MR) is 80.3 cm³/mol. The minimum atomic E-state index is -0.746. The van der Waals surface area contributed by atoms with Gasteiger partial charge >= 0.3 is 6.09 Å². The summed E-state index contributed by atoms with van der Waals surface area (Å²) in [6, 6.07) is 7.38. The predicted octanol–water partition coefficient (Wildman–Crippen LogP) is 3.53. The lowest BCUT2D eigenvalue weighted by molar-refractivity contribution is -0.0724. The van der Waals surface area contributed by atoms with Crippen molar-refractivity contribution < 1.29 is 14.6 Å². The highest BCUT2D eigenvalue weighted by atomic mass is 35.5. The molecular weight excluding hydrogens is 290 g/mol. The van der Waals surface area contributed by atoms with Gasteiger partial charge in [-0.25, -0.2) is 4.79 Å². The lowest BCUT2D eigenvalue weighted by atomic mass is 9.93. The van der Waals surface area contributed by atoms with Crippen LogP contribution in [0.25, 0.3) is 0 Å². The monoisotopic (exact) mass is 309 g/mol. The molecule has 2 aliphatic rings. The third-order valence-electron chi connectivity index (χ3n) is 4.42. The lowest BCUT2D eigenvalue weighted by Gasteiger charge is -2.41. The zero-order chi connectivity index (χ0) is 14.8. The second-order valence-electron chi connectivity index (χ2n) is 5.84. The zero-order valence-electron chi connectivity index (χ0n) is 11.9. The number of aliphatic hydroxyl groups is 1. The van der Waals surface area contributed by atoms with Crippen LogP contribution in [0.2, 0.25) is 5.02 Å². The summed E-state index contributed by atoms with van der Waals surface area (Å²) < 4.78 is 5.48. The molecule has 1 aromatic rings. The van der Waals surface area contributed by atoms with Crippen LogP contribution in [0, 0.1) is 0 Å². The summed E-state index contributed by atoms with van der Waals surface area (Å²) in [5, 5.41) is 10.9. The molecule has 1 saturated carbocycles. The molecule has 0 spiro atoms. The van der Waals surface area contributed by atoms with Gasteiger partial charge in [0, 0.05) is 16.6 Å². The van der Waals surface area contributed by atoms with Gasteiger partial charge in [0.1, 0.15) is 6.10 Å². The van der Waals surface area contributed by atoms with Crippen LogP contribution in [0.5, 0.6) is 0 Å².